The molecule has 0 radical (unpaired) electrons. The van der Waals surface area contributed by atoms with Gasteiger partial charge < -0.3 is 4.74 Å². The van der Waals surface area contributed by atoms with Crippen LogP contribution in [0.5, 0.6) is 5.75 Å². The standard InChI is InChI=1S/C25H20N2O4S/c1-18-12-14-22(15-13-18)32(29,30)27-26-17-19-6-4-9-21(16-19)31-25(28)24-11-5-8-20-7-2-3-10-23(20)24/h2-17,27H,1H3/b26-17-. The number of carbonyl (C=O) groups is 1. The normalized spacial score (nSPS) is 11.5. The SMILES string of the molecule is Cc1ccc(S(=O)(=O)N/N=C\c2cccc(OC(=O)c3cccc4ccccc34)c2)cc1. The largest absolute Gasteiger partial charge is 0.423 e. The lowest BCUT2D eigenvalue weighted by Gasteiger charge is -2.08. The summed E-state index contributed by atoms with van der Waals surface area (Å²) in [7, 11) is -3.77. The van der Waals surface area contributed by atoms with Crippen LogP contribution in [0.2, 0.25) is 0 Å². The van der Waals surface area contributed by atoms with Crippen molar-refractivity contribution in [3.05, 3.63) is 108 Å². The maximum Gasteiger partial charge on any atom is 0.344 e. The molecule has 0 unspecified atom stereocenters. The Morgan fingerprint density at radius 2 is 1.62 bits per heavy atom. The number of ether oxygens (including phenoxy) is 1. The van der Waals surface area contributed by atoms with Crippen molar-refractivity contribution >= 4 is 33.0 Å². The van der Waals surface area contributed by atoms with Crippen molar-refractivity contribution in [3.8, 4) is 5.75 Å². The van der Waals surface area contributed by atoms with Crippen LogP contribution in [0.15, 0.2) is 101 Å². The molecule has 7 heteroatoms. The summed E-state index contributed by atoms with van der Waals surface area (Å²) >= 11 is 0. The highest BCUT2D eigenvalue weighted by Crippen LogP contribution is 2.21. The van der Waals surface area contributed by atoms with Gasteiger partial charge in [0.25, 0.3) is 10.0 Å². The van der Waals surface area contributed by atoms with Crippen LogP contribution in [0.1, 0.15) is 21.5 Å². The third-order valence-electron chi connectivity index (χ3n) is 4.80. The van der Waals surface area contributed by atoms with Gasteiger partial charge in [-0.3, -0.25) is 0 Å². The Morgan fingerprint density at radius 1 is 0.906 bits per heavy atom. The van der Waals surface area contributed by atoms with Crippen molar-refractivity contribution in [2.24, 2.45) is 5.10 Å². The fraction of sp³-hybridized carbons (Fsp3) is 0.0400. The smallest absolute Gasteiger partial charge is 0.344 e. The van der Waals surface area contributed by atoms with Crippen molar-refractivity contribution in [1.82, 2.24) is 4.83 Å². The molecule has 1 N–H and O–H groups in total. The van der Waals surface area contributed by atoms with Crippen LogP contribution in [0.3, 0.4) is 0 Å². The lowest BCUT2D eigenvalue weighted by Crippen LogP contribution is -2.18. The molecule has 0 aromatic heterocycles. The molecular weight excluding hydrogens is 424 g/mol. The highest BCUT2D eigenvalue weighted by Gasteiger charge is 2.13. The van der Waals surface area contributed by atoms with Gasteiger partial charge in [0, 0.05) is 0 Å². The Bertz CT molecular complexity index is 1410. The molecule has 32 heavy (non-hydrogen) atoms. The monoisotopic (exact) mass is 444 g/mol. The summed E-state index contributed by atoms with van der Waals surface area (Å²) in [4.78, 5) is 15.0. The molecule has 0 saturated carbocycles. The van der Waals surface area contributed by atoms with E-state index in [0.717, 1.165) is 16.3 Å². The van der Waals surface area contributed by atoms with E-state index in [1.807, 2.05) is 43.3 Å². The Morgan fingerprint density at radius 3 is 2.44 bits per heavy atom. The number of hydrazone groups is 1. The Kier molecular flexibility index (Phi) is 6.00. The Hall–Kier alpha value is -3.97. The molecule has 0 aliphatic heterocycles. The second-order valence-electron chi connectivity index (χ2n) is 7.15. The molecular formula is C25H20N2O4S. The van der Waals surface area contributed by atoms with Crippen LogP contribution in [-0.4, -0.2) is 20.6 Å². The number of esters is 1. The zero-order chi connectivity index (χ0) is 22.6. The summed E-state index contributed by atoms with van der Waals surface area (Å²) in [5, 5.41) is 5.58. The maximum atomic E-state index is 12.7. The molecule has 4 aromatic rings. The number of hydrogen-bond acceptors (Lipinski definition) is 5. The molecule has 0 aliphatic rings. The Labute approximate surface area is 186 Å². The van der Waals surface area contributed by atoms with Gasteiger partial charge in [-0.25, -0.2) is 9.63 Å². The van der Waals surface area contributed by atoms with E-state index in [-0.39, 0.29) is 4.90 Å². The quantitative estimate of drug-likeness (QED) is 0.203. The minimum Gasteiger partial charge on any atom is -0.423 e. The van der Waals surface area contributed by atoms with Gasteiger partial charge in [-0.05, 0) is 53.6 Å². The number of aryl methyl sites for hydroxylation is 1. The topological polar surface area (TPSA) is 84.8 Å². The van der Waals surface area contributed by atoms with Crippen molar-refractivity contribution in [3.63, 3.8) is 0 Å². The molecule has 0 atom stereocenters. The number of rotatable bonds is 6. The van der Waals surface area contributed by atoms with Gasteiger partial charge in [0.2, 0.25) is 0 Å². The van der Waals surface area contributed by atoms with E-state index in [0.29, 0.717) is 16.9 Å². The van der Waals surface area contributed by atoms with Gasteiger partial charge in [0.05, 0.1) is 16.7 Å². The summed E-state index contributed by atoms with van der Waals surface area (Å²) in [5.74, 6) is -0.149. The minimum absolute atomic E-state index is 0.123. The van der Waals surface area contributed by atoms with E-state index in [1.165, 1.54) is 18.3 Å². The van der Waals surface area contributed by atoms with E-state index in [2.05, 4.69) is 9.93 Å². The first-order chi connectivity index (χ1) is 15.4. The molecule has 0 spiro atoms. The van der Waals surface area contributed by atoms with Crippen LogP contribution >= 0.6 is 0 Å². The van der Waals surface area contributed by atoms with Crippen LogP contribution in [0.25, 0.3) is 10.8 Å². The summed E-state index contributed by atoms with van der Waals surface area (Å²) in [5.41, 5.74) is 2.00. The maximum absolute atomic E-state index is 12.7. The number of fused-ring (bicyclic) bond motifs is 1. The number of hydrogen-bond donors (Lipinski definition) is 1. The lowest BCUT2D eigenvalue weighted by molar-refractivity contribution is 0.0737. The van der Waals surface area contributed by atoms with E-state index in [9.17, 15) is 13.2 Å². The summed E-state index contributed by atoms with van der Waals surface area (Å²) in [6, 6.07) is 26.2. The van der Waals surface area contributed by atoms with Crippen molar-refractivity contribution in [1.29, 1.82) is 0 Å². The molecule has 4 aromatic carbocycles. The Balaban J connectivity index is 1.47. The molecule has 0 fully saturated rings. The highest BCUT2D eigenvalue weighted by molar-refractivity contribution is 7.89. The van der Waals surface area contributed by atoms with Gasteiger partial charge in [-0.15, -0.1) is 0 Å². The van der Waals surface area contributed by atoms with Crippen molar-refractivity contribution in [2.75, 3.05) is 0 Å². The average molecular weight is 445 g/mol. The van der Waals surface area contributed by atoms with Crippen LogP contribution in [0.4, 0.5) is 0 Å². The molecule has 0 aliphatic carbocycles. The summed E-state index contributed by atoms with van der Waals surface area (Å²) in [6.07, 6.45) is 1.35. The lowest BCUT2D eigenvalue weighted by atomic mass is 10.0. The molecule has 0 saturated heterocycles. The first-order valence-corrected chi connectivity index (χ1v) is 11.3. The van der Waals surface area contributed by atoms with Gasteiger partial charge in [0.1, 0.15) is 5.75 Å². The zero-order valence-corrected chi connectivity index (χ0v) is 18.0. The molecule has 0 amide bonds. The third-order valence-corrected chi connectivity index (χ3v) is 6.03. The van der Waals surface area contributed by atoms with E-state index in [4.69, 9.17) is 4.74 Å². The molecule has 0 bridgehead atoms. The second-order valence-corrected chi connectivity index (χ2v) is 8.82. The van der Waals surface area contributed by atoms with E-state index in [1.54, 1.807) is 42.5 Å². The predicted molar refractivity (Wildman–Crippen MR) is 124 cm³/mol. The van der Waals surface area contributed by atoms with Gasteiger partial charge in [-0.1, -0.05) is 66.2 Å². The molecule has 4 rings (SSSR count). The molecule has 6 nitrogen and oxygen atoms in total. The van der Waals surface area contributed by atoms with E-state index >= 15 is 0 Å². The number of nitrogens with one attached hydrogen (secondary N) is 1. The zero-order valence-electron chi connectivity index (χ0n) is 17.2. The van der Waals surface area contributed by atoms with Crippen molar-refractivity contribution in [2.45, 2.75) is 11.8 Å². The van der Waals surface area contributed by atoms with Gasteiger partial charge in [0.15, 0.2) is 0 Å². The number of carbonyl (C=O) groups excluding carboxylic acids is 1. The second kappa shape index (κ2) is 9.03. The van der Waals surface area contributed by atoms with E-state index < -0.39 is 16.0 Å². The number of benzene rings is 4. The van der Waals surface area contributed by atoms with Gasteiger partial charge >= 0.3 is 5.97 Å². The number of nitrogens with zero attached hydrogens (tertiary/aromatic N) is 1. The average Bonchev–Trinajstić information content (AvgIpc) is 2.79. The minimum atomic E-state index is -3.77. The molecule has 160 valence electrons. The van der Waals surface area contributed by atoms with Crippen LogP contribution in [-0.2, 0) is 10.0 Å². The predicted octanol–water partition coefficient (Wildman–Crippen LogP) is 4.68. The first-order valence-electron chi connectivity index (χ1n) is 9.84. The fourth-order valence-electron chi connectivity index (χ4n) is 3.16. The molecule has 0 heterocycles. The van der Waals surface area contributed by atoms with Crippen molar-refractivity contribution < 1.29 is 17.9 Å². The number of sulfonamides is 1. The highest BCUT2D eigenvalue weighted by atomic mass is 32.2. The fourth-order valence-corrected chi connectivity index (χ4v) is 3.96. The van der Waals surface area contributed by atoms with Gasteiger partial charge in [-0.2, -0.15) is 13.5 Å². The summed E-state index contributed by atoms with van der Waals surface area (Å²) < 4.78 is 30.2. The first kappa shape index (κ1) is 21.3. The van der Waals surface area contributed by atoms with Crippen LogP contribution < -0.4 is 9.57 Å². The van der Waals surface area contributed by atoms with Crippen LogP contribution in [0, 0.1) is 6.92 Å². The summed E-state index contributed by atoms with van der Waals surface area (Å²) in [6.45, 7) is 1.88. The third kappa shape index (κ3) is 4.84.